The number of nitrogens with zero attached hydrogens (tertiary/aromatic N) is 6. The molecular weight excluding hydrogens is 394 g/mol. The van der Waals surface area contributed by atoms with Crippen LogP contribution in [0.1, 0.15) is 5.56 Å². The van der Waals surface area contributed by atoms with Crippen molar-refractivity contribution in [2.45, 2.75) is 0 Å². The summed E-state index contributed by atoms with van der Waals surface area (Å²) in [6.45, 7) is 0. The van der Waals surface area contributed by atoms with Crippen molar-refractivity contribution < 1.29 is 4.74 Å². The number of fused-ring (bicyclic) bond motifs is 7. The first-order valence-corrected chi connectivity index (χ1v) is 9.44. The molecule has 9 nitrogen and oxygen atoms in total. The van der Waals surface area contributed by atoms with E-state index in [4.69, 9.17) is 9.72 Å². The summed E-state index contributed by atoms with van der Waals surface area (Å²) >= 11 is 0. The van der Waals surface area contributed by atoms with Crippen molar-refractivity contribution in [3.63, 3.8) is 0 Å². The van der Waals surface area contributed by atoms with E-state index >= 15 is 0 Å². The number of benzene rings is 2. The van der Waals surface area contributed by atoms with Crippen molar-refractivity contribution in [3.8, 4) is 22.9 Å². The maximum absolute atomic E-state index is 12.0. The number of para-hydroxylation sites is 2. The summed E-state index contributed by atoms with van der Waals surface area (Å²) in [5, 5.41) is 13.4. The van der Waals surface area contributed by atoms with Crippen LogP contribution in [0.3, 0.4) is 0 Å². The number of ether oxygens (including phenoxy) is 1. The van der Waals surface area contributed by atoms with Gasteiger partial charge in [-0.2, -0.15) is 10.2 Å². The number of pyridine rings is 1. The quantitative estimate of drug-likeness (QED) is 0.472. The lowest BCUT2D eigenvalue weighted by molar-refractivity contribution is 0.415. The lowest BCUT2D eigenvalue weighted by atomic mass is 9.98. The van der Waals surface area contributed by atoms with Crippen molar-refractivity contribution in [1.29, 1.82) is 5.26 Å². The number of methoxy groups -OCH3 is 1. The molecule has 0 atom stereocenters. The standard InChI is InChI=1S/C22H13N7O2/c1-31-13-8-6-12(7-9-13)17-14(10-23)19-25-15-4-2-3-5-16(15)29(19)20-18(17)21-26-22(30)27-28(21)11-24-20/h2-9,11H,1H3,(H,27,30). The summed E-state index contributed by atoms with van der Waals surface area (Å²) < 4.78 is 8.58. The second kappa shape index (κ2) is 6.14. The molecule has 0 aliphatic carbocycles. The molecule has 2 aromatic carbocycles. The first-order chi connectivity index (χ1) is 15.2. The molecule has 0 bridgehead atoms. The average Bonchev–Trinajstić information content (AvgIpc) is 3.38. The van der Waals surface area contributed by atoms with Gasteiger partial charge in [0.2, 0.25) is 0 Å². The summed E-state index contributed by atoms with van der Waals surface area (Å²) in [5.74, 6) is 0.693. The van der Waals surface area contributed by atoms with E-state index in [-0.39, 0.29) is 0 Å². The van der Waals surface area contributed by atoms with Crippen LogP contribution in [0.15, 0.2) is 59.7 Å². The molecule has 0 unspecified atom stereocenters. The molecule has 0 saturated heterocycles. The van der Waals surface area contributed by atoms with Gasteiger partial charge in [-0.15, -0.1) is 0 Å². The molecule has 0 amide bonds. The predicted octanol–water partition coefficient (Wildman–Crippen LogP) is 2.92. The Hall–Kier alpha value is -4.71. The summed E-state index contributed by atoms with van der Waals surface area (Å²) in [6, 6.07) is 17.3. The number of nitrogens with one attached hydrogen (secondary N) is 1. The van der Waals surface area contributed by atoms with Crippen LogP contribution in [-0.4, -0.2) is 36.1 Å². The maximum Gasteiger partial charge on any atom is 0.362 e. The van der Waals surface area contributed by atoms with Crippen LogP contribution in [0.5, 0.6) is 5.75 Å². The number of H-pyrrole nitrogens is 1. The van der Waals surface area contributed by atoms with Gasteiger partial charge in [-0.05, 0) is 29.8 Å². The van der Waals surface area contributed by atoms with E-state index < -0.39 is 5.69 Å². The minimum Gasteiger partial charge on any atom is -0.497 e. The highest BCUT2D eigenvalue weighted by Gasteiger charge is 2.23. The van der Waals surface area contributed by atoms with Crippen LogP contribution in [0.25, 0.3) is 44.5 Å². The topological polar surface area (TPSA) is 113 Å². The molecule has 148 valence electrons. The van der Waals surface area contributed by atoms with Crippen LogP contribution in [0.4, 0.5) is 0 Å². The fourth-order valence-electron chi connectivity index (χ4n) is 4.06. The van der Waals surface area contributed by atoms with Gasteiger partial charge >= 0.3 is 5.69 Å². The van der Waals surface area contributed by atoms with Crippen LogP contribution in [0, 0.1) is 11.3 Å². The number of imidazole rings is 1. The number of rotatable bonds is 2. The summed E-state index contributed by atoms with van der Waals surface area (Å²) in [5.41, 5.74) is 4.25. The SMILES string of the molecule is COc1ccc(-c2c(C#N)c3nc4ccccc4n3c3ncn4[nH]c(=O)nc4c23)cc1. The number of hydrogen-bond donors (Lipinski definition) is 1. The van der Waals surface area contributed by atoms with Gasteiger partial charge in [0.15, 0.2) is 16.9 Å². The van der Waals surface area contributed by atoms with Crippen molar-refractivity contribution in [1.82, 2.24) is 29.0 Å². The third kappa shape index (κ3) is 2.30. The molecule has 6 rings (SSSR count). The van der Waals surface area contributed by atoms with E-state index in [1.807, 2.05) is 52.9 Å². The van der Waals surface area contributed by atoms with Crippen molar-refractivity contribution in [3.05, 3.63) is 70.9 Å². The fraction of sp³-hybridized carbons (Fsp3) is 0.0455. The van der Waals surface area contributed by atoms with E-state index in [9.17, 15) is 10.1 Å². The Bertz CT molecular complexity index is 1750. The molecule has 4 aromatic heterocycles. The molecular formula is C22H13N7O2. The zero-order valence-corrected chi connectivity index (χ0v) is 16.2. The zero-order chi connectivity index (χ0) is 21.1. The second-order valence-corrected chi connectivity index (χ2v) is 7.02. The summed E-state index contributed by atoms with van der Waals surface area (Å²) in [6.07, 6.45) is 1.50. The number of aromatic amines is 1. The third-order valence-corrected chi connectivity index (χ3v) is 5.38. The Morgan fingerprint density at radius 1 is 1.03 bits per heavy atom. The van der Waals surface area contributed by atoms with Crippen molar-refractivity contribution in [2.75, 3.05) is 7.11 Å². The Morgan fingerprint density at radius 2 is 1.84 bits per heavy atom. The van der Waals surface area contributed by atoms with Gasteiger partial charge in [-0.3, -0.25) is 4.40 Å². The number of aromatic nitrogens is 6. The Labute approximate surface area is 173 Å². The Morgan fingerprint density at radius 3 is 2.61 bits per heavy atom. The molecule has 0 fully saturated rings. The Kier molecular flexibility index (Phi) is 3.40. The van der Waals surface area contributed by atoms with Crippen LogP contribution < -0.4 is 10.4 Å². The van der Waals surface area contributed by atoms with Crippen LogP contribution >= 0.6 is 0 Å². The average molecular weight is 407 g/mol. The molecule has 9 heteroatoms. The first-order valence-electron chi connectivity index (χ1n) is 9.44. The maximum atomic E-state index is 12.0. The van der Waals surface area contributed by atoms with E-state index in [0.29, 0.717) is 39.2 Å². The molecule has 0 aliphatic rings. The number of hydrogen-bond acceptors (Lipinski definition) is 6. The zero-order valence-electron chi connectivity index (χ0n) is 16.2. The smallest absolute Gasteiger partial charge is 0.362 e. The lowest BCUT2D eigenvalue weighted by Crippen LogP contribution is -2.03. The molecule has 6 aromatic rings. The third-order valence-electron chi connectivity index (χ3n) is 5.38. The minimum absolute atomic E-state index is 0.374. The highest BCUT2D eigenvalue weighted by Crippen LogP contribution is 2.37. The van der Waals surface area contributed by atoms with E-state index in [0.717, 1.165) is 16.6 Å². The summed E-state index contributed by atoms with van der Waals surface area (Å²) in [4.78, 5) is 25.5. The van der Waals surface area contributed by atoms with Gasteiger partial charge in [0, 0.05) is 5.56 Å². The van der Waals surface area contributed by atoms with E-state index in [2.05, 4.69) is 21.1 Å². The van der Waals surface area contributed by atoms with Crippen LogP contribution in [-0.2, 0) is 0 Å². The monoisotopic (exact) mass is 407 g/mol. The molecule has 0 radical (unpaired) electrons. The number of nitriles is 1. The highest BCUT2D eigenvalue weighted by molar-refractivity contribution is 6.08. The molecule has 4 heterocycles. The van der Waals surface area contributed by atoms with E-state index in [1.54, 1.807) is 7.11 Å². The largest absolute Gasteiger partial charge is 0.497 e. The Balaban J connectivity index is 1.93. The first kappa shape index (κ1) is 17.2. The summed E-state index contributed by atoms with van der Waals surface area (Å²) in [7, 11) is 1.59. The molecule has 0 saturated carbocycles. The van der Waals surface area contributed by atoms with Gasteiger partial charge in [0.1, 0.15) is 23.7 Å². The molecule has 0 spiro atoms. The van der Waals surface area contributed by atoms with Gasteiger partial charge < -0.3 is 4.74 Å². The molecule has 0 aliphatic heterocycles. The lowest BCUT2D eigenvalue weighted by Gasteiger charge is -2.13. The van der Waals surface area contributed by atoms with Crippen molar-refractivity contribution >= 4 is 33.4 Å². The van der Waals surface area contributed by atoms with Gasteiger partial charge in [0.05, 0.1) is 23.5 Å². The highest BCUT2D eigenvalue weighted by atomic mass is 16.5. The second-order valence-electron chi connectivity index (χ2n) is 7.02. The van der Waals surface area contributed by atoms with E-state index in [1.165, 1.54) is 10.8 Å². The molecule has 31 heavy (non-hydrogen) atoms. The normalized spacial score (nSPS) is 11.5. The van der Waals surface area contributed by atoms with Gasteiger partial charge in [-0.1, -0.05) is 24.3 Å². The predicted molar refractivity (Wildman–Crippen MR) is 114 cm³/mol. The van der Waals surface area contributed by atoms with Crippen LogP contribution in [0.2, 0.25) is 0 Å². The van der Waals surface area contributed by atoms with Gasteiger partial charge in [-0.25, -0.2) is 24.4 Å². The minimum atomic E-state index is -0.496. The van der Waals surface area contributed by atoms with Crippen molar-refractivity contribution in [2.24, 2.45) is 0 Å². The van der Waals surface area contributed by atoms with Gasteiger partial charge in [0.25, 0.3) is 0 Å². The fourth-order valence-corrected chi connectivity index (χ4v) is 4.06. The molecule has 1 N–H and O–H groups in total.